The molecule has 7 heteroatoms. The second kappa shape index (κ2) is 7.75. The Morgan fingerprint density at radius 2 is 1.70 bits per heavy atom. The molecular weight excluding hydrogens is 367 g/mol. The molecular formula is C20H19FN2O3S. The molecule has 3 rings (SSSR count). The Balaban J connectivity index is 1.88. The van der Waals surface area contributed by atoms with Crippen molar-refractivity contribution < 1.29 is 18.7 Å². The minimum atomic E-state index is -0.311. The van der Waals surface area contributed by atoms with Crippen LogP contribution in [0.25, 0.3) is 10.6 Å². The first-order chi connectivity index (χ1) is 12.9. The quantitative estimate of drug-likeness (QED) is 0.682. The summed E-state index contributed by atoms with van der Waals surface area (Å²) >= 11 is 1.27. The molecule has 140 valence electrons. The van der Waals surface area contributed by atoms with Gasteiger partial charge in [-0.25, -0.2) is 9.37 Å². The average molecular weight is 386 g/mol. The highest BCUT2D eigenvalue weighted by molar-refractivity contribution is 7.17. The van der Waals surface area contributed by atoms with Gasteiger partial charge in [-0.05, 0) is 49.7 Å². The Morgan fingerprint density at radius 1 is 1.07 bits per heavy atom. The number of ether oxygens (including phenoxy) is 2. The lowest BCUT2D eigenvalue weighted by atomic mass is 10.1. The van der Waals surface area contributed by atoms with Gasteiger partial charge in [0.1, 0.15) is 15.7 Å². The number of rotatable bonds is 5. The number of aryl methyl sites for hydroxylation is 2. The predicted octanol–water partition coefficient (Wildman–Crippen LogP) is 4.84. The van der Waals surface area contributed by atoms with Crippen LogP contribution in [0.15, 0.2) is 36.4 Å². The third-order valence-electron chi connectivity index (χ3n) is 4.07. The summed E-state index contributed by atoms with van der Waals surface area (Å²) in [6, 6.07) is 9.57. The Hall–Kier alpha value is -2.93. The van der Waals surface area contributed by atoms with Crippen molar-refractivity contribution in [2.24, 2.45) is 0 Å². The lowest BCUT2D eigenvalue weighted by molar-refractivity contribution is 0.102. The van der Waals surface area contributed by atoms with Gasteiger partial charge in [-0.1, -0.05) is 0 Å². The van der Waals surface area contributed by atoms with E-state index < -0.39 is 0 Å². The number of hydrogen-bond acceptors (Lipinski definition) is 5. The Kier molecular flexibility index (Phi) is 5.41. The van der Waals surface area contributed by atoms with Crippen molar-refractivity contribution in [1.82, 2.24) is 4.98 Å². The lowest BCUT2D eigenvalue weighted by Gasteiger charge is -2.13. The van der Waals surface area contributed by atoms with Gasteiger partial charge in [0.15, 0.2) is 11.5 Å². The number of amides is 1. The smallest absolute Gasteiger partial charge is 0.267 e. The van der Waals surface area contributed by atoms with Gasteiger partial charge in [0.05, 0.1) is 19.9 Å². The molecule has 0 aliphatic heterocycles. The van der Waals surface area contributed by atoms with Crippen LogP contribution in [0.4, 0.5) is 10.1 Å². The predicted molar refractivity (Wildman–Crippen MR) is 104 cm³/mol. The van der Waals surface area contributed by atoms with E-state index in [1.807, 2.05) is 6.92 Å². The van der Waals surface area contributed by atoms with E-state index in [2.05, 4.69) is 10.3 Å². The summed E-state index contributed by atoms with van der Waals surface area (Å²) in [6.07, 6.45) is 0. The van der Waals surface area contributed by atoms with E-state index in [9.17, 15) is 9.18 Å². The second-order valence-corrected chi connectivity index (χ2v) is 6.92. The van der Waals surface area contributed by atoms with E-state index in [0.29, 0.717) is 32.8 Å². The molecule has 0 radical (unpaired) electrons. The largest absolute Gasteiger partial charge is 0.493 e. The SMILES string of the molecule is COc1cc(C)c(NC(=O)c2sc(-c3ccc(F)cc3)nc2C)cc1OC. The van der Waals surface area contributed by atoms with E-state index >= 15 is 0 Å². The van der Waals surface area contributed by atoms with Gasteiger partial charge >= 0.3 is 0 Å². The first-order valence-corrected chi connectivity index (χ1v) is 9.02. The topological polar surface area (TPSA) is 60.5 Å². The van der Waals surface area contributed by atoms with Crippen LogP contribution in [0.5, 0.6) is 11.5 Å². The number of nitrogens with zero attached hydrogens (tertiary/aromatic N) is 1. The summed E-state index contributed by atoms with van der Waals surface area (Å²) in [5.41, 5.74) is 2.87. The molecule has 0 atom stereocenters. The maximum Gasteiger partial charge on any atom is 0.267 e. The van der Waals surface area contributed by atoms with E-state index in [4.69, 9.17) is 9.47 Å². The van der Waals surface area contributed by atoms with Crippen molar-refractivity contribution in [3.63, 3.8) is 0 Å². The van der Waals surface area contributed by atoms with Crippen molar-refractivity contribution in [1.29, 1.82) is 0 Å². The maximum absolute atomic E-state index is 13.1. The van der Waals surface area contributed by atoms with Crippen LogP contribution in [0.2, 0.25) is 0 Å². The Labute approximate surface area is 160 Å². The van der Waals surface area contributed by atoms with Crippen molar-refractivity contribution in [3.8, 4) is 22.1 Å². The summed E-state index contributed by atoms with van der Waals surface area (Å²) in [4.78, 5) is 17.7. The first-order valence-electron chi connectivity index (χ1n) is 8.20. The van der Waals surface area contributed by atoms with Crippen molar-refractivity contribution in [2.45, 2.75) is 13.8 Å². The van der Waals surface area contributed by atoms with Crippen molar-refractivity contribution in [3.05, 3.63) is 58.3 Å². The molecule has 2 aromatic carbocycles. The number of methoxy groups -OCH3 is 2. The fourth-order valence-electron chi connectivity index (χ4n) is 2.62. The number of nitrogens with one attached hydrogen (secondary N) is 1. The fraction of sp³-hybridized carbons (Fsp3) is 0.200. The van der Waals surface area contributed by atoms with Crippen molar-refractivity contribution >= 4 is 22.9 Å². The average Bonchev–Trinajstić information content (AvgIpc) is 3.05. The van der Waals surface area contributed by atoms with Crippen molar-refractivity contribution in [2.75, 3.05) is 19.5 Å². The monoisotopic (exact) mass is 386 g/mol. The number of aromatic nitrogens is 1. The molecule has 0 aliphatic carbocycles. The number of anilines is 1. The summed E-state index contributed by atoms with van der Waals surface area (Å²) in [5, 5.41) is 3.57. The number of halogens is 1. The Bertz CT molecular complexity index is 984. The molecule has 1 amide bonds. The zero-order valence-electron chi connectivity index (χ0n) is 15.4. The van der Waals surface area contributed by atoms with Crippen LogP contribution in [0.3, 0.4) is 0 Å². The number of carbonyl (C=O) groups excluding carboxylic acids is 1. The summed E-state index contributed by atoms with van der Waals surface area (Å²) in [5.74, 6) is 0.564. The summed E-state index contributed by atoms with van der Waals surface area (Å²) < 4.78 is 23.7. The van der Waals surface area contributed by atoms with Gasteiger partial charge in [-0.3, -0.25) is 4.79 Å². The van der Waals surface area contributed by atoms with Gasteiger partial charge in [0.2, 0.25) is 0 Å². The summed E-state index contributed by atoms with van der Waals surface area (Å²) in [6.45, 7) is 3.65. The van der Waals surface area contributed by atoms with Crippen LogP contribution >= 0.6 is 11.3 Å². The highest BCUT2D eigenvalue weighted by Crippen LogP contribution is 2.34. The van der Waals surface area contributed by atoms with Gasteiger partial charge < -0.3 is 14.8 Å². The fourth-order valence-corrected chi connectivity index (χ4v) is 3.58. The van der Waals surface area contributed by atoms with Crippen LogP contribution in [-0.2, 0) is 0 Å². The molecule has 5 nitrogen and oxygen atoms in total. The van der Waals surface area contributed by atoms with Gasteiger partial charge in [0, 0.05) is 17.3 Å². The van der Waals surface area contributed by atoms with E-state index in [-0.39, 0.29) is 11.7 Å². The summed E-state index contributed by atoms with van der Waals surface area (Å²) in [7, 11) is 3.11. The second-order valence-electron chi connectivity index (χ2n) is 5.92. The zero-order chi connectivity index (χ0) is 19.6. The molecule has 0 fully saturated rings. The molecule has 27 heavy (non-hydrogen) atoms. The molecule has 0 spiro atoms. The maximum atomic E-state index is 13.1. The number of hydrogen-bond donors (Lipinski definition) is 1. The minimum Gasteiger partial charge on any atom is -0.493 e. The Morgan fingerprint density at radius 3 is 2.33 bits per heavy atom. The molecule has 0 unspecified atom stereocenters. The third kappa shape index (κ3) is 3.93. The van der Waals surface area contributed by atoms with Gasteiger partial charge in [-0.2, -0.15) is 0 Å². The molecule has 1 aromatic heterocycles. The van der Waals surface area contributed by atoms with Crippen LogP contribution in [-0.4, -0.2) is 25.1 Å². The van der Waals surface area contributed by atoms with Gasteiger partial charge in [0.25, 0.3) is 5.91 Å². The molecule has 1 heterocycles. The lowest BCUT2D eigenvalue weighted by Crippen LogP contribution is -2.12. The number of benzene rings is 2. The van der Waals surface area contributed by atoms with E-state index in [1.165, 1.54) is 23.5 Å². The van der Waals surface area contributed by atoms with E-state index in [0.717, 1.165) is 11.1 Å². The van der Waals surface area contributed by atoms with E-state index in [1.54, 1.807) is 45.4 Å². The highest BCUT2D eigenvalue weighted by atomic mass is 32.1. The number of thiazole rings is 1. The molecule has 3 aromatic rings. The third-order valence-corrected chi connectivity index (χ3v) is 5.28. The highest BCUT2D eigenvalue weighted by Gasteiger charge is 2.18. The van der Waals surface area contributed by atoms with Crippen LogP contribution < -0.4 is 14.8 Å². The zero-order valence-corrected chi connectivity index (χ0v) is 16.2. The van der Waals surface area contributed by atoms with Gasteiger partial charge in [-0.15, -0.1) is 11.3 Å². The molecule has 0 aliphatic rings. The van der Waals surface area contributed by atoms with Crippen LogP contribution in [0.1, 0.15) is 20.9 Å². The first kappa shape index (κ1) is 18.8. The standard InChI is InChI=1S/C20H19FN2O3S/c1-11-9-16(25-3)17(26-4)10-15(11)23-19(24)18-12(2)22-20(27-18)13-5-7-14(21)8-6-13/h5-10H,1-4H3,(H,23,24). The number of carbonyl (C=O) groups is 1. The molecule has 0 saturated heterocycles. The minimum absolute atomic E-state index is 0.256. The van der Waals surface area contributed by atoms with Crippen LogP contribution in [0, 0.1) is 19.7 Å². The molecule has 0 bridgehead atoms. The molecule has 0 saturated carbocycles. The normalized spacial score (nSPS) is 10.6. The molecule has 1 N–H and O–H groups in total.